The second-order valence-corrected chi connectivity index (χ2v) is 6.17. The van der Waals surface area contributed by atoms with E-state index in [0.717, 1.165) is 11.1 Å². The number of anilines is 1. The molecule has 0 saturated heterocycles. The van der Waals surface area contributed by atoms with Crippen LogP contribution in [0.25, 0.3) is 0 Å². The second-order valence-electron chi connectivity index (χ2n) is 6.17. The van der Waals surface area contributed by atoms with E-state index in [1.165, 1.54) is 0 Å². The average molecular weight is 355 g/mol. The molecule has 2 unspecified atom stereocenters. The number of hydrogen-bond donors (Lipinski definition) is 4. The molecule has 2 aromatic rings. The van der Waals surface area contributed by atoms with Crippen molar-refractivity contribution in [2.45, 2.75) is 38.4 Å². The van der Waals surface area contributed by atoms with Gasteiger partial charge in [0.05, 0.1) is 6.04 Å². The number of aryl methyl sites for hydroxylation is 1. The maximum atomic E-state index is 12.2. The number of aromatic nitrogens is 1. The van der Waals surface area contributed by atoms with E-state index in [4.69, 9.17) is 11.5 Å². The van der Waals surface area contributed by atoms with Gasteiger partial charge in [-0.15, -0.1) is 0 Å². The molecule has 0 bridgehead atoms. The van der Waals surface area contributed by atoms with Crippen LogP contribution in [0.15, 0.2) is 48.7 Å². The molecule has 0 aliphatic heterocycles. The van der Waals surface area contributed by atoms with Gasteiger partial charge in [-0.1, -0.05) is 30.3 Å². The molecule has 2 atom stereocenters. The van der Waals surface area contributed by atoms with Crippen molar-refractivity contribution in [3.8, 4) is 0 Å². The van der Waals surface area contributed by atoms with Gasteiger partial charge in [0.1, 0.15) is 11.9 Å². The van der Waals surface area contributed by atoms with Gasteiger partial charge in [-0.3, -0.25) is 9.59 Å². The third-order valence-electron chi connectivity index (χ3n) is 3.99. The normalized spacial score (nSPS) is 12.8. The number of rotatable bonds is 8. The van der Waals surface area contributed by atoms with Gasteiger partial charge in [0.25, 0.3) is 0 Å². The summed E-state index contributed by atoms with van der Waals surface area (Å²) in [6.45, 7) is 1.93. The highest BCUT2D eigenvalue weighted by Gasteiger charge is 2.19. The lowest BCUT2D eigenvalue weighted by atomic mass is 10.1. The Kier molecular flexibility index (Phi) is 7.11. The Balaban J connectivity index is 1.75. The fraction of sp³-hybridized carbons (Fsp3) is 0.316. The minimum absolute atomic E-state index is 0.288. The smallest absolute Gasteiger partial charge is 0.242 e. The van der Waals surface area contributed by atoms with Gasteiger partial charge in [-0.05, 0) is 43.0 Å². The first-order valence-corrected chi connectivity index (χ1v) is 8.53. The van der Waals surface area contributed by atoms with E-state index >= 15 is 0 Å². The minimum atomic E-state index is -0.676. The summed E-state index contributed by atoms with van der Waals surface area (Å²) < 4.78 is 0. The molecule has 0 aliphatic carbocycles. The second kappa shape index (κ2) is 9.53. The quantitative estimate of drug-likeness (QED) is 0.556. The van der Waals surface area contributed by atoms with Crippen molar-refractivity contribution < 1.29 is 9.59 Å². The first kappa shape index (κ1) is 19.4. The monoisotopic (exact) mass is 355 g/mol. The van der Waals surface area contributed by atoms with E-state index < -0.39 is 12.1 Å². The van der Waals surface area contributed by atoms with Crippen LogP contribution in [0.2, 0.25) is 0 Å². The van der Waals surface area contributed by atoms with Crippen LogP contribution >= 0.6 is 0 Å². The molecule has 0 aliphatic rings. The summed E-state index contributed by atoms with van der Waals surface area (Å²) in [5.41, 5.74) is 13.5. The molecule has 1 aromatic carbocycles. The van der Waals surface area contributed by atoms with Crippen LogP contribution in [0.1, 0.15) is 24.5 Å². The van der Waals surface area contributed by atoms with Gasteiger partial charge < -0.3 is 22.1 Å². The fourth-order valence-corrected chi connectivity index (χ4v) is 2.43. The molecule has 1 aromatic heterocycles. The zero-order valence-corrected chi connectivity index (χ0v) is 14.8. The number of benzene rings is 1. The summed E-state index contributed by atoms with van der Waals surface area (Å²) in [6.07, 6.45) is 2.80. The van der Waals surface area contributed by atoms with Crippen LogP contribution < -0.4 is 22.1 Å². The van der Waals surface area contributed by atoms with Gasteiger partial charge in [0.15, 0.2) is 0 Å². The van der Waals surface area contributed by atoms with Gasteiger partial charge >= 0.3 is 0 Å². The van der Waals surface area contributed by atoms with Crippen molar-refractivity contribution in [2.75, 3.05) is 5.73 Å². The topological polar surface area (TPSA) is 123 Å². The molecule has 6 N–H and O–H groups in total. The first-order valence-electron chi connectivity index (χ1n) is 8.53. The van der Waals surface area contributed by atoms with E-state index in [0.29, 0.717) is 25.2 Å². The largest absolute Gasteiger partial charge is 0.384 e. The molecule has 7 heteroatoms. The zero-order valence-electron chi connectivity index (χ0n) is 14.8. The van der Waals surface area contributed by atoms with Crippen molar-refractivity contribution >= 4 is 17.6 Å². The van der Waals surface area contributed by atoms with Crippen molar-refractivity contribution in [2.24, 2.45) is 5.73 Å². The van der Waals surface area contributed by atoms with Crippen LogP contribution in [-0.4, -0.2) is 28.9 Å². The van der Waals surface area contributed by atoms with Crippen LogP contribution in [0, 0.1) is 0 Å². The summed E-state index contributed by atoms with van der Waals surface area (Å²) in [6, 6.07) is 11.9. The first-order chi connectivity index (χ1) is 12.5. The van der Waals surface area contributed by atoms with Crippen molar-refractivity contribution in [3.05, 3.63) is 59.8 Å². The molecule has 138 valence electrons. The van der Waals surface area contributed by atoms with Crippen LogP contribution in [0.5, 0.6) is 0 Å². The van der Waals surface area contributed by atoms with Crippen LogP contribution in [0.4, 0.5) is 5.82 Å². The zero-order chi connectivity index (χ0) is 18.9. The highest BCUT2D eigenvalue weighted by atomic mass is 16.2. The number of pyridine rings is 1. The number of nitrogens with zero attached hydrogens (tertiary/aromatic N) is 1. The van der Waals surface area contributed by atoms with E-state index in [1.54, 1.807) is 25.3 Å². The number of amides is 2. The SMILES string of the molecule is CC(NC(=O)C(N)CCc1ccccc1)C(=O)NCc1ccnc(N)c1. The Morgan fingerprint density at radius 1 is 1.12 bits per heavy atom. The summed E-state index contributed by atoms with van der Waals surface area (Å²) in [4.78, 5) is 28.2. The number of nitrogens with two attached hydrogens (primary N) is 2. The molecular weight excluding hydrogens is 330 g/mol. The summed E-state index contributed by atoms with van der Waals surface area (Å²) in [5, 5.41) is 5.40. The molecule has 0 saturated carbocycles. The molecule has 7 nitrogen and oxygen atoms in total. The number of carbonyl (C=O) groups excluding carboxylic acids is 2. The predicted octanol–water partition coefficient (Wildman–Crippen LogP) is 0.745. The Morgan fingerprint density at radius 3 is 2.54 bits per heavy atom. The van der Waals surface area contributed by atoms with Gasteiger partial charge in [-0.2, -0.15) is 0 Å². The Labute approximate surface area is 153 Å². The third kappa shape index (κ3) is 6.18. The number of carbonyl (C=O) groups is 2. The van der Waals surface area contributed by atoms with Crippen LogP contribution in [0.3, 0.4) is 0 Å². The minimum Gasteiger partial charge on any atom is -0.384 e. The standard InChI is InChI=1S/C19H25N5O2/c1-13(18(25)23-12-15-9-10-22-17(21)11-15)24-19(26)16(20)8-7-14-5-3-2-4-6-14/h2-6,9-11,13,16H,7-8,12,20H2,1H3,(H2,21,22)(H,23,25)(H,24,26). The Bertz CT molecular complexity index is 736. The molecule has 2 amide bonds. The van der Waals surface area contributed by atoms with E-state index in [9.17, 15) is 9.59 Å². The number of nitrogens with one attached hydrogen (secondary N) is 2. The van der Waals surface area contributed by atoms with Crippen LogP contribution in [-0.2, 0) is 22.6 Å². The third-order valence-corrected chi connectivity index (χ3v) is 3.99. The fourth-order valence-electron chi connectivity index (χ4n) is 2.43. The molecule has 0 spiro atoms. The summed E-state index contributed by atoms with van der Waals surface area (Å²) >= 11 is 0. The maximum Gasteiger partial charge on any atom is 0.242 e. The molecule has 1 heterocycles. The number of nitrogen functional groups attached to an aromatic ring is 1. The molecular formula is C19H25N5O2. The van der Waals surface area contributed by atoms with E-state index in [-0.39, 0.29) is 11.8 Å². The van der Waals surface area contributed by atoms with Crippen molar-refractivity contribution in [1.82, 2.24) is 15.6 Å². The van der Waals surface area contributed by atoms with Gasteiger partial charge in [0, 0.05) is 12.7 Å². The van der Waals surface area contributed by atoms with Crippen molar-refractivity contribution in [1.29, 1.82) is 0 Å². The highest BCUT2D eigenvalue weighted by Crippen LogP contribution is 2.05. The lowest BCUT2D eigenvalue weighted by Gasteiger charge is -2.17. The van der Waals surface area contributed by atoms with E-state index in [1.807, 2.05) is 30.3 Å². The molecule has 0 fully saturated rings. The van der Waals surface area contributed by atoms with Crippen molar-refractivity contribution in [3.63, 3.8) is 0 Å². The maximum absolute atomic E-state index is 12.2. The lowest BCUT2D eigenvalue weighted by molar-refractivity contribution is -0.129. The number of hydrogen-bond acceptors (Lipinski definition) is 5. The predicted molar refractivity (Wildman–Crippen MR) is 101 cm³/mol. The van der Waals surface area contributed by atoms with Gasteiger partial charge in [-0.25, -0.2) is 4.98 Å². The molecule has 2 rings (SSSR count). The highest BCUT2D eigenvalue weighted by molar-refractivity contribution is 5.89. The lowest BCUT2D eigenvalue weighted by Crippen LogP contribution is -2.50. The average Bonchev–Trinajstić information content (AvgIpc) is 2.64. The molecule has 26 heavy (non-hydrogen) atoms. The Morgan fingerprint density at radius 2 is 1.85 bits per heavy atom. The van der Waals surface area contributed by atoms with Gasteiger partial charge in [0.2, 0.25) is 11.8 Å². The summed E-state index contributed by atoms with van der Waals surface area (Å²) in [5.74, 6) is -0.233. The Hall–Kier alpha value is -2.93. The van der Waals surface area contributed by atoms with E-state index in [2.05, 4.69) is 15.6 Å². The molecule has 0 radical (unpaired) electrons. The summed E-state index contributed by atoms with van der Waals surface area (Å²) in [7, 11) is 0.